The molecule has 0 fully saturated rings. The number of alkyl carbamates (subject to hydrolysis) is 1. The summed E-state index contributed by atoms with van der Waals surface area (Å²) >= 11 is 0. The minimum Gasteiger partial charge on any atom is -0.467 e. The average Bonchev–Trinajstić information content (AvgIpc) is 2.53. The lowest BCUT2D eigenvalue weighted by atomic mass is 10.0. The molecule has 0 aliphatic heterocycles. The Labute approximate surface area is 166 Å². The van der Waals surface area contributed by atoms with E-state index in [0.29, 0.717) is 5.56 Å². The molecule has 164 valence electrons. The van der Waals surface area contributed by atoms with Crippen molar-refractivity contribution < 1.29 is 44.8 Å². The molecule has 12 heteroatoms. The first kappa shape index (κ1) is 24.5. The van der Waals surface area contributed by atoms with Crippen LogP contribution in [-0.4, -0.2) is 44.7 Å². The van der Waals surface area contributed by atoms with Crippen LogP contribution in [0.2, 0.25) is 0 Å². The Balaban J connectivity index is 3.00. The lowest BCUT2D eigenvalue weighted by Gasteiger charge is -2.22. The Bertz CT molecular complexity index is 861. The molecule has 1 atom stereocenters. The minimum atomic E-state index is -5.81. The van der Waals surface area contributed by atoms with Crippen LogP contribution in [0.3, 0.4) is 0 Å². The summed E-state index contributed by atoms with van der Waals surface area (Å²) in [5.41, 5.74) is -5.88. The number of esters is 1. The van der Waals surface area contributed by atoms with Gasteiger partial charge in [0.1, 0.15) is 17.4 Å². The molecule has 0 radical (unpaired) electrons. The number of amides is 1. The molecule has 0 spiro atoms. The van der Waals surface area contributed by atoms with Gasteiger partial charge in [0.25, 0.3) is 0 Å². The molecule has 1 amide bonds. The molecule has 1 N–H and O–H groups in total. The second-order valence-electron chi connectivity index (χ2n) is 7.01. The van der Waals surface area contributed by atoms with Crippen LogP contribution in [0.25, 0.3) is 0 Å². The molecule has 0 aliphatic rings. The standard InChI is InChI=1S/C17H22F3NO7S/c1-10-8-11(6-7-13(10)28-29(24,25)17(18,19)20)9-12(14(22)26-5)21-15(23)27-16(2,3)4/h6-8,12H,9H2,1-5H3,(H,21,23)/t12-/m0/s1. The van der Waals surface area contributed by atoms with E-state index < -0.39 is 45.1 Å². The number of hydrogen-bond donors (Lipinski definition) is 1. The van der Waals surface area contributed by atoms with Gasteiger partial charge in [-0.1, -0.05) is 12.1 Å². The van der Waals surface area contributed by atoms with Crippen LogP contribution in [0.5, 0.6) is 5.75 Å². The minimum absolute atomic E-state index is 0.0798. The first-order valence-electron chi connectivity index (χ1n) is 8.23. The number of halogens is 3. The number of alkyl halides is 3. The Hall–Kier alpha value is -2.50. The van der Waals surface area contributed by atoms with Crippen molar-refractivity contribution in [1.82, 2.24) is 5.32 Å². The van der Waals surface area contributed by atoms with Crippen molar-refractivity contribution in [2.75, 3.05) is 7.11 Å². The fourth-order valence-electron chi connectivity index (χ4n) is 2.12. The maximum Gasteiger partial charge on any atom is 0.534 e. The molecule has 0 aromatic heterocycles. The van der Waals surface area contributed by atoms with E-state index in [1.165, 1.54) is 19.1 Å². The molecule has 29 heavy (non-hydrogen) atoms. The number of methoxy groups -OCH3 is 1. The summed E-state index contributed by atoms with van der Waals surface area (Å²) in [6.45, 7) is 6.24. The van der Waals surface area contributed by atoms with Gasteiger partial charge in [-0.25, -0.2) is 9.59 Å². The van der Waals surface area contributed by atoms with E-state index in [-0.39, 0.29) is 12.0 Å². The molecule has 0 aliphatic carbocycles. The second-order valence-corrected chi connectivity index (χ2v) is 8.55. The quantitative estimate of drug-likeness (QED) is 0.411. The fraction of sp³-hybridized carbons (Fsp3) is 0.529. The zero-order chi connectivity index (χ0) is 22.6. The van der Waals surface area contributed by atoms with Gasteiger partial charge in [0, 0.05) is 6.42 Å². The van der Waals surface area contributed by atoms with Gasteiger partial charge < -0.3 is 19.0 Å². The van der Waals surface area contributed by atoms with Gasteiger partial charge in [0.2, 0.25) is 0 Å². The van der Waals surface area contributed by atoms with Gasteiger partial charge in [0.15, 0.2) is 0 Å². The lowest BCUT2D eigenvalue weighted by Crippen LogP contribution is -2.45. The van der Waals surface area contributed by atoms with Crippen LogP contribution < -0.4 is 9.50 Å². The largest absolute Gasteiger partial charge is 0.534 e. The van der Waals surface area contributed by atoms with Gasteiger partial charge in [-0.2, -0.15) is 21.6 Å². The van der Waals surface area contributed by atoms with Crippen LogP contribution in [-0.2, 0) is 30.8 Å². The Morgan fingerprint density at radius 2 is 1.76 bits per heavy atom. The third kappa shape index (κ3) is 7.44. The summed E-state index contributed by atoms with van der Waals surface area (Å²) in [4.78, 5) is 23.9. The van der Waals surface area contributed by atoms with Crippen molar-refractivity contribution in [3.05, 3.63) is 29.3 Å². The van der Waals surface area contributed by atoms with Crippen LogP contribution in [0.1, 0.15) is 31.9 Å². The van der Waals surface area contributed by atoms with E-state index in [4.69, 9.17) is 4.74 Å². The average molecular weight is 441 g/mol. The number of ether oxygens (including phenoxy) is 2. The highest BCUT2D eigenvalue weighted by molar-refractivity contribution is 7.88. The van der Waals surface area contributed by atoms with Gasteiger partial charge in [-0.15, -0.1) is 0 Å². The van der Waals surface area contributed by atoms with Crippen molar-refractivity contribution in [1.29, 1.82) is 0 Å². The van der Waals surface area contributed by atoms with Crippen molar-refractivity contribution in [2.24, 2.45) is 0 Å². The highest BCUT2D eigenvalue weighted by atomic mass is 32.2. The van der Waals surface area contributed by atoms with Crippen LogP contribution in [0, 0.1) is 6.92 Å². The molecular weight excluding hydrogens is 419 g/mol. The topological polar surface area (TPSA) is 108 Å². The molecule has 0 saturated carbocycles. The molecule has 0 saturated heterocycles. The summed E-state index contributed by atoms with van der Waals surface area (Å²) in [6, 6.07) is 2.48. The van der Waals surface area contributed by atoms with Gasteiger partial charge in [-0.05, 0) is 44.9 Å². The number of hydrogen-bond acceptors (Lipinski definition) is 7. The number of carbonyl (C=O) groups is 2. The van der Waals surface area contributed by atoms with E-state index in [0.717, 1.165) is 13.2 Å². The third-order valence-electron chi connectivity index (χ3n) is 3.34. The summed E-state index contributed by atoms with van der Waals surface area (Å²) < 4.78 is 73.4. The van der Waals surface area contributed by atoms with Crippen molar-refractivity contribution in [2.45, 2.75) is 51.3 Å². The number of rotatable bonds is 6. The highest BCUT2D eigenvalue weighted by Gasteiger charge is 2.48. The van der Waals surface area contributed by atoms with Gasteiger partial charge in [0.05, 0.1) is 7.11 Å². The summed E-state index contributed by atoms with van der Waals surface area (Å²) in [5, 5.41) is 2.35. The van der Waals surface area contributed by atoms with Gasteiger partial charge in [-0.3, -0.25) is 0 Å². The molecule has 1 aromatic rings. The highest BCUT2D eigenvalue weighted by Crippen LogP contribution is 2.29. The molecular formula is C17H22F3NO7S. The van der Waals surface area contributed by atoms with Gasteiger partial charge >= 0.3 is 27.7 Å². The predicted molar refractivity (Wildman–Crippen MR) is 95.7 cm³/mol. The number of carbonyl (C=O) groups excluding carboxylic acids is 2. The second kappa shape index (κ2) is 8.89. The van der Waals surface area contributed by atoms with Crippen LogP contribution in [0.4, 0.5) is 18.0 Å². The smallest absolute Gasteiger partial charge is 0.467 e. The molecule has 0 heterocycles. The summed E-state index contributed by atoms with van der Waals surface area (Å²) in [5.74, 6) is -1.28. The van der Waals surface area contributed by atoms with Crippen LogP contribution in [0.15, 0.2) is 18.2 Å². The molecule has 0 unspecified atom stereocenters. The number of aryl methyl sites for hydroxylation is 1. The SMILES string of the molecule is COC(=O)[C@H](Cc1ccc(OS(=O)(=O)C(F)(F)F)c(C)c1)NC(=O)OC(C)(C)C. The Kier molecular flexibility index (Phi) is 7.52. The summed E-state index contributed by atoms with van der Waals surface area (Å²) in [7, 11) is -4.69. The van der Waals surface area contributed by atoms with E-state index >= 15 is 0 Å². The molecule has 0 bridgehead atoms. The number of benzene rings is 1. The van der Waals surface area contributed by atoms with E-state index in [1.807, 2.05) is 0 Å². The van der Waals surface area contributed by atoms with E-state index in [2.05, 4.69) is 14.2 Å². The molecule has 1 aromatic carbocycles. The van der Waals surface area contributed by atoms with Crippen molar-refractivity contribution in [3.8, 4) is 5.75 Å². The first-order valence-corrected chi connectivity index (χ1v) is 9.64. The van der Waals surface area contributed by atoms with E-state index in [1.54, 1.807) is 20.8 Å². The maximum absolute atomic E-state index is 12.5. The van der Waals surface area contributed by atoms with Crippen molar-refractivity contribution >= 4 is 22.2 Å². The maximum atomic E-state index is 12.5. The van der Waals surface area contributed by atoms with Crippen LogP contribution >= 0.6 is 0 Å². The normalized spacial score (nSPS) is 13.4. The monoisotopic (exact) mass is 441 g/mol. The number of nitrogens with one attached hydrogen (secondary N) is 1. The lowest BCUT2D eigenvalue weighted by molar-refractivity contribution is -0.143. The molecule has 8 nitrogen and oxygen atoms in total. The zero-order valence-corrected chi connectivity index (χ0v) is 17.2. The van der Waals surface area contributed by atoms with E-state index in [9.17, 15) is 31.2 Å². The Morgan fingerprint density at radius 3 is 2.21 bits per heavy atom. The summed E-state index contributed by atoms with van der Waals surface area (Å²) in [6.07, 6.45) is -0.945. The molecule has 1 rings (SSSR count). The first-order chi connectivity index (χ1) is 13.1. The third-order valence-corrected chi connectivity index (χ3v) is 4.30. The fourth-order valence-corrected chi connectivity index (χ4v) is 2.64. The Morgan fingerprint density at radius 1 is 1.17 bits per heavy atom. The van der Waals surface area contributed by atoms with Crippen molar-refractivity contribution in [3.63, 3.8) is 0 Å². The predicted octanol–water partition coefficient (Wildman–Crippen LogP) is 2.83. The zero-order valence-electron chi connectivity index (χ0n) is 16.4.